The van der Waals surface area contributed by atoms with Crippen molar-refractivity contribution in [2.75, 3.05) is 22.5 Å². The number of thiazole rings is 1. The minimum atomic E-state index is -0.507. The zero-order valence-corrected chi connectivity index (χ0v) is 19.6. The highest BCUT2D eigenvalue weighted by Crippen LogP contribution is 2.31. The SMILES string of the molecule is CCNc1ncc(-c2ccc(Oc3ncc(NC(=O)Nc4cc(Cl)ccc4Cl)cn3)cc2)s1. The molecule has 0 fully saturated rings. The molecule has 2 aromatic heterocycles. The van der Waals surface area contributed by atoms with Crippen LogP contribution in [0.3, 0.4) is 0 Å². The lowest BCUT2D eigenvalue weighted by Gasteiger charge is -2.09. The molecule has 11 heteroatoms. The van der Waals surface area contributed by atoms with E-state index in [1.165, 1.54) is 12.4 Å². The van der Waals surface area contributed by atoms with Gasteiger partial charge < -0.3 is 20.7 Å². The van der Waals surface area contributed by atoms with Crippen LogP contribution in [0.2, 0.25) is 10.0 Å². The van der Waals surface area contributed by atoms with Gasteiger partial charge in [0.1, 0.15) is 5.75 Å². The first-order chi connectivity index (χ1) is 16.0. The van der Waals surface area contributed by atoms with Crippen molar-refractivity contribution in [2.24, 2.45) is 0 Å². The number of anilines is 3. The Kier molecular flexibility index (Phi) is 7.23. The van der Waals surface area contributed by atoms with Crippen molar-refractivity contribution >= 4 is 57.1 Å². The number of aromatic nitrogens is 3. The summed E-state index contributed by atoms with van der Waals surface area (Å²) in [4.78, 5) is 25.9. The summed E-state index contributed by atoms with van der Waals surface area (Å²) in [5.74, 6) is 0.587. The van der Waals surface area contributed by atoms with E-state index in [9.17, 15) is 4.79 Å². The highest BCUT2D eigenvalue weighted by Gasteiger charge is 2.09. The predicted molar refractivity (Wildman–Crippen MR) is 133 cm³/mol. The first-order valence-electron chi connectivity index (χ1n) is 9.83. The van der Waals surface area contributed by atoms with Gasteiger partial charge in [-0.25, -0.2) is 19.7 Å². The van der Waals surface area contributed by atoms with Gasteiger partial charge >= 0.3 is 12.0 Å². The van der Waals surface area contributed by atoms with E-state index < -0.39 is 6.03 Å². The van der Waals surface area contributed by atoms with Crippen LogP contribution in [0.4, 0.5) is 21.3 Å². The Balaban J connectivity index is 1.34. The van der Waals surface area contributed by atoms with Crippen molar-refractivity contribution in [2.45, 2.75) is 6.92 Å². The fraction of sp³-hybridized carbons (Fsp3) is 0.0909. The van der Waals surface area contributed by atoms with Crippen molar-refractivity contribution in [1.82, 2.24) is 15.0 Å². The maximum absolute atomic E-state index is 12.2. The predicted octanol–water partition coefficient (Wildman–Crippen LogP) is 6.78. The lowest BCUT2D eigenvalue weighted by molar-refractivity contribution is 0.262. The highest BCUT2D eigenvalue weighted by atomic mass is 35.5. The number of halogens is 2. The zero-order chi connectivity index (χ0) is 23.2. The molecule has 0 aliphatic rings. The van der Waals surface area contributed by atoms with Crippen LogP contribution in [0, 0.1) is 0 Å². The quantitative estimate of drug-likeness (QED) is 0.258. The van der Waals surface area contributed by atoms with Crippen LogP contribution in [0.25, 0.3) is 10.4 Å². The molecule has 2 aromatic carbocycles. The average Bonchev–Trinajstić information content (AvgIpc) is 3.27. The molecule has 0 saturated heterocycles. The van der Waals surface area contributed by atoms with Gasteiger partial charge in [-0.3, -0.25) is 0 Å². The summed E-state index contributed by atoms with van der Waals surface area (Å²) in [6, 6.07) is 12.0. The van der Waals surface area contributed by atoms with Gasteiger partial charge in [-0.15, -0.1) is 0 Å². The van der Waals surface area contributed by atoms with Crippen molar-refractivity contribution in [3.8, 4) is 22.2 Å². The van der Waals surface area contributed by atoms with Gasteiger partial charge in [0.15, 0.2) is 5.13 Å². The Morgan fingerprint density at radius 2 is 1.76 bits per heavy atom. The molecule has 8 nitrogen and oxygen atoms in total. The number of carbonyl (C=O) groups is 1. The van der Waals surface area contributed by atoms with Gasteiger partial charge in [0.25, 0.3) is 0 Å². The Morgan fingerprint density at radius 1 is 1.00 bits per heavy atom. The van der Waals surface area contributed by atoms with Gasteiger partial charge in [-0.05, 0) is 55.0 Å². The summed E-state index contributed by atoms with van der Waals surface area (Å²) < 4.78 is 5.69. The van der Waals surface area contributed by atoms with Crippen molar-refractivity contribution in [3.63, 3.8) is 0 Å². The number of amides is 2. The third-order valence-corrected chi connectivity index (χ3v) is 5.81. The molecule has 0 atom stereocenters. The summed E-state index contributed by atoms with van der Waals surface area (Å²) in [6.07, 6.45) is 4.72. The molecular weight excluding hydrogens is 483 g/mol. The van der Waals surface area contributed by atoms with Gasteiger partial charge in [-0.2, -0.15) is 0 Å². The number of benzene rings is 2. The fourth-order valence-corrected chi connectivity index (χ4v) is 3.97. The first kappa shape index (κ1) is 22.8. The van der Waals surface area contributed by atoms with Crippen LogP contribution in [0.5, 0.6) is 11.8 Å². The van der Waals surface area contributed by atoms with E-state index in [0.717, 1.165) is 22.1 Å². The normalized spacial score (nSPS) is 10.5. The number of nitrogens with zero attached hydrogens (tertiary/aromatic N) is 3. The summed E-state index contributed by atoms with van der Waals surface area (Å²) in [5, 5.41) is 10.2. The molecule has 2 heterocycles. The lowest BCUT2D eigenvalue weighted by atomic mass is 10.2. The molecule has 168 valence electrons. The third kappa shape index (κ3) is 6.10. The van der Waals surface area contributed by atoms with E-state index in [1.807, 2.05) is 37.4 Å². The first-order valence-corrected chi connectivity index (χ1v) is 11.4. The monoisotopic (exact) mass is 500 g/mol. The van der Waals surface area contributed by atoms with Gasteiger partial charge in [0.2, 0.25) is 0 Å². The molecule has 0 radical (unpaired) electrons. The Morgan fingerprint density at radius 3 is 2.48 bits per heavy atom. The molecule has 2 amide bonds. The molecule has 4 aromatic rings. The van der Waals surface area contributed by atoms with Gasteiger partial charge in [0, 0.05) is 17.8 Å². The molecule has 33 heavy (non-hydrogen) atoms. The molecule has 4 rings (SSSR count). The van der Waals surface area contributed by atoms with E-state index in [0.29, 0.717) is 27.2 Å². The smallest absolute Gasteiger partial charge is 0.323 e. The fourth-order valence-electron chi connectivity index (χ4n) is 2.74. The van der Waals surface area contributed by atoms with E-state index >= 15 is 0 Å². The van der Waals surface area contributed by atoms with Gasteiger partial charge in [-0.1, -0.05) is 34.5 Å². The van der Waals surface area contributed by atoms with Crippen molar-refractivity contribution < 1.29 is 9.53 Å². The Hall–Kier alpha value is -3.40. The third-order valence-electron chi connectivity index (χ3n) is 4.24. The second kappa shape index (κ2) is 10.5. The summed E-state index contributed by atoms with van der Waals surface area (Å²) in [7, 11) is 0. The molecule has 0 bridgehead atoms. The maximum atomic E-state index is 12.2. The highest BCUT2D eigenvalue weighted by molar-refractivity contribution is 7.18. The number of carbonyl (C=O) groups excluding carboxylic acids is 1. The summed E-state index contributed by atoms with van der Waals surface area (Å²) in [5.41, 5.74) is 1.81. The lowest BCUT2D eigenvalue weighted by Crippen LogP contribution is -2.19. The Bertz CT molecular complexity index is 1250. The van der Waals surface area contributed by atoms with E-state index in [-0.39, 0.29) is 6.01 Å². The Labute approximate surface area is 204 Å². The number of ether oxygens (including phenoxy) is 1. The number of hydrogen-bond donors (Lipinski definition) is 3. The van der Waals surface area contributed by atoms with E-state index in [4.69, 9.17) is 27.9 Å². The van der Waals surface area contributed by atoms with Crippen LogP contribution in [-0.4, -0.2) is 27.5 Å². The van der Waals surface area contributed by atoms with Crippen LogP contribution in [-0.2, 0) is 0 Å². The van der Waals surface area contributed by atoms with E-state index in [1.54, 1.807) is 29.5 Å². The molecule has 0 unspecified atom stereocenters. The standard InChI is InChI=1S/C22H18Cl2N6O2S/c1-2-25-22-28-12-19(33-22)13-3-6-16(7-4-13)32-21-26-10-15(11-27-21)29-20(31)30-18-9-14(23)5-8-17(18)24/h3-12H,2H2,1H3,(H,25,28)(H2,29,30,31). The topological polar surface area (TPSA) is 101 Å². The van der Waals surface area contributed by atoms with Crippen LogP contribution in [0.15, 0.2) is 61.1 Å². The largest absolute Gasteiger partial charge is 0.424 e. The molecule has 0 spiro atoms. The van der Waals surface area contributed by atoms with Gasteiger partial charge in [0.05, 0.1) is 33.7 Å². The average molecular weight is 501 g/mol. The molecule has 3 N–H and O–H groups in total. The minimum Gasteiger partial charge on any atom is -0.424 e. The van der Waals surface area contributed by atoms with E-state index in [2.05, 4.69) is 30.9 Å². The van der Waals surface area contributed by atoms with Crippen LogP contribution >= 0.6 is 34.5 Å². The van der Waals surface area contributed by atoms with Crippen LogP contribution in [0.1, 0.15) is 6.92 Å². The maximum Gasteiger partial charge on any atom is 0.323 e. The number of nitrogens with one attached hydrogen (secondary N) is 3. The molecule has 0 aliphatic carbocycles. The number of urea groups is 1. The molecule has 0 aliphatic heterocycles. The number of hydrogen-bond acceptors (Lipinski definition) is 7. The second-order valence-electron chi connectivity index (χ2n) is 6.64. The zero-order valence-electron chi connectivity index (χ0n) is 17.3. The number of rotatable bonds is 7. The summed E-state index contributed by atoms with van der Waals surface area (Å²) >= 11 is 13.6. The summed E-state index contributed by atoms with van der Waals surface area (Å²) in [6.45, 7) is 2.86. The molecular formula is C22H18Cl2N6O2S. The van der Waals surface area contributed by atoms with Crippen LogP contribution < -0.4 is 20.7 Å². The minimum absolute atomic E-state index is 0.152. The van der Waals surface area contributed by atoms with Crippen molar-refractivity contribution in [1.29, 1.82) is 0 Å². The second-order valence-corrected chi connectivity index (χ2v) is 8.52. The van der Waals surface area contributed by atoms with Crippen molar-refractivity contribution in [3.05, 3.63) is 71.1 Å². The molecule has 0 saturated carbocycles.